The Morgan fingerprint density at radius 3 is 2.83 bits per heavy atom. The summed E-state index contributed by atoms with van der Waals surface area (Å²) in [6, 6.07) is 1.76. The second kappa shape index (κ2) is 6.22. The Balaban J connectivity index is 1.91. The van der Waals surface area contributed by atoms with Crippen LogP contribution in [0.3, 0.4) is 0 Å². The smallest absolute Gasteiger partial charge is 0.228 e. The zero-order valence-corrected chi connectivity index (χ0v) is 10.7. The number of methoxy groups -OCH3 is 1. The molecule has 5 nitrogen and oxygen atoms in total. The zero-order valence-electron chi connectivity index (χ0n) is 10.7. The highest BCUT2D eigenvalue weighted by atomic mass is 16.5. The molecule has 1 aliphatic heterocycles. The lowest BCUT2D eigenvalue weighted by molar-refractivity contribution is 0.262. The van der Waals surface area contributed by atoms with Gasteiger partial charge >= 0.3 is 0 Å². The number of terminal acetylenes is 1. The molecule has 0 unspecified atom stereocenters. The van der Waals surface area contributed by atoms with Crippen LogP contribution in [0.5, 0.6) is 5.88 Å². The summed E-state index contributed by atoms with van der Waals surface area (Å²) in [4.78, 5) is 13.2. The van der Waals surface area contributed by atoms with E-state index in [1.807, 2.05) is 0 Å². The minimum absolute atomic E-state index is 0.606. The van der Waals surface area contributed by atoms with Gasteiger partial charge in [0.15, 0.2) is 0 Å². The summed E-state index contributed by atoms with van der Waals surface area (Å²) in [5.41, 5.74) is 0. The van der Waals surface area contributed by atoms with Crippen molar-refractivity contribution in [2.24, 2.45) is 0 Å². The van der Waals surface area contributed by atoms with Gasteiger partial charge in [0.2, 0.25) is 11.8 Å². The van der Waals surface area contributed by atoms with Crippen molar-refractivity contribution in [2.45, 2.75) is 6.42 Å². The molecule has 0 bridgehead atoms. The van der Waals surface area contributed by atoms with Gasteiger partial charge in [0.05, 0.1) is 7.11 Å². The van der Waals surface area contributed by atoms with Crippen molar-refractivity contribution < 1.29 is 4.74 Å². The van der Waals surface area contributed by atoms with E-state index in [1.54, 1.807) is 19.4 Å². The molecule has 1 aromatic rings. The maximum absolute atomic E-state index is 5.28. The molecule has 1 fully saturated rings. The second-order valence-corrected chi connectivity index (χ2v) is 4.18. The molecule has 1 aliphatic rings. The van der Waals surface area contributed by atoms with Crippen molar-refractivity contribution in [1.29, 1.82) is 0 Å². The molecule has 0 spiro atoms. The number of ether oxygens (including phenoxy) is 1. The molecule has 1 aromatic heterocycles. The predicted molar refractivity (Wildman–Crippen MR) is 70.7 cm³/mol. The fourth-order valence-electron chi connectivity index (χ4n) is 1.99. The quantitative estimate of drug-likeness (QED) is 0.729. The van der Waals surface area contributed by atoms with Crippen LogP contribution >= 0.6 is 0 Å². The van der Waals surface area contributed by atoms with Crippen LogP contribution in [0.4, 0.5) is 5.95 Å². The molecule has 0 atom stereocenters. The molecule has 0 amide bonds. The molecule has 0 aromatic carbocycles. The van der Waals surface area contributed by atoms with Crippen LogP contribution in [-0.4, -0.2) is 54.7 Å². The van der Waals surface area contributed by atoms with Crippen LogP contribution in [0.1, 0.15) is 6.42 Å². The van der Waals surface area contributed by atoms with E-state index in [2.05, 4.69) is 25.7 Å². The van der Waals surface area contributed by atoms with Crippen LogP contribution < -0.4 is 9.64 Å². The summed E-state index contributed by atoms with van der Waals surface area (Å²) in [6.07, 6.45) is 7.82. The third-order valence-corrected chi connectivity index (χ3v) is 3.05. The number of anilines is 1. The first kappa shape index (κ1) is 12.7. The molecule has 96 valence electrons. The maximum Gasteiger partial charge on any atom is 0.228 e. The summed E-state index contributed by atoms with van der Waals surface area (Å²) in [7, 11) is 1.61. The normalized spacial score (nSPS) is 16.3. The van der Waals surface area contributed by atoms with Crippen molar-refractivity contribution >= 4 is 5.95 Å². The van der Waals surface area contributed by atoms with E-state index < -0.39 is 0 Å². The van der Waals surface area contributed by atoms with Gasteiger partial charge in [-0.25, -0.2) is 4.98 Å². The highest BCUT2D eigenvalue weighted by Crippen LogP contribution is 2.14. The third-order valence-electron chi connectivity index (χ3n) is 3.05. The molecule has 18 heavy (non-hydrogen) atoms. The largest absolute Gasteiger partial charge is 0.481 e. The summed E-state index contributed by atoms with van der Waals surface area (Å²) in [5, 5.41) is 0. The first-order valence-electron chi connectivity index (χ1n) is 6.11. The van der Waals surface area contributed by atoms with Crippen LogP contribution in [-0.2, 0) is 0 Å². The fourth-order valence-corrected chi connectivity index (χ4v) is 1.99. The highest BCUT2D eigenvalue weighted by Gasteiger charge is 2.18. The standard InChI is InChI=1S/C13H18N4O/c1-3-4-7-16-8-10-17(11-9-16)13-14-6-5-12(15-13)18-2/h1,5-6H,4,7-11H2,2H3. The topological polar surface area (TPSA) is 41.5 Å². The average Bonchev–Trinajstić information content (AvgIpc) is 2.46. The zero-order chi connectivity index (χ0) is 12.8. The second-order valence-electron chi connectivity index (χ2n) is 4.18. The molecule has 2 heterocycles. The Kier molecular flexibility index (Phi) is 4.37. The molecule has 0 N–H and O–H groups in total. The summed E-state index contributed by atoms with van der Waals surface area (Å²) in [5.74, 6) is 4.02. The summed E-state index contributed by atoms with van der Waals surface area (Å²) >= 11 is 0. The van der Waals surface area contributed by atoms with E-state index in [1.165, 1.54) is 0 Å². The van der Waals surface area contributed by atoms with Gasteiger partial charge in [0.25, 0.3) is 0 Å². The number of rotatable bonds is 4. The number of hydrogen-bond acceptors (Lipinski definition) is 5. The molecule has 1 saturated heterocycles. The minimum Gasteiger partial charge on any atom is -0.481 e. The Morgan fingerprint density at radius 2 is 2.17 bits per heavy atom. The molecular weight excluding hydrogens is 228 g/mol. The maximum atomic E-state index is 5.28. The van der Waals surface area contributed by atoms with Crippen LogP contribution in [0.25, 0.3) is 0 Å². The van der Waals surface area contributed by atoms with Crippen molar-refractivity contribution in [3.8, 4) is 18.2 Å². The molecule has 0 radical (unpaired) electrons. The van der Waals surface area contributed by atoms with E-state index in [9.17, 15) is 0 Å². The predicted octanol–water partition coefficient (Wildman–Crippen LogP) is 0.630. The number of nitrogens with zero attached hydrogens (tertiary/aromatic N) is 4. The van der Waals surface area contributed by atoms with Crippen molar-refractivity contribution in [3.05, 3.63) is 12.3 Å². The average molecular weight is 246 g/mol. The van der Waals surface area contributed by atoms with Gasteiger partial charge in [0, 0.05) is 51.4 Å². The van der Waals surface area contributed by atoms with E-state index in [4.69, 9.17) is 11.2 Å². The van der Waals surface area contributed by atoms with E-state index in [0.29, 0.717) is 5.88 Å². The van der Waals surface area contributed by atoms with Gasteiger partial charge in [-0.2, -0.15) is 4.98 Å². The SMILES string of the molecule is C#CCCN1CCN(c2nccc(OC)n2)CC1. The lowest BCUT2D eigenvalue weighted by Crippen LogP contribution is -2.47. The van der Waals surface area contributed by atoms with Crippen molar-refractivity contribution in [1.82, 2.24) is 14.9 Å². The lowest BCUT2D eigenvalue weighted by Gasteiger charge is -2.34. The Hall–Kier alpha value is -1.80. The summed E-state index contributed by atoms with van der Waals surface area (Å²) < 4.78 is 5.11. The summed E-state index contributed by atoms with van der Waals surface area (Å²) in [6.45, 7) is 4.84. The molecule has 2 rings (SSSR count). The van der Waals surface area contributed by atoms with Gasteiger partial charge in [-0.1, -0.05) is 0 Å². The monoisotopic (exact) mass is 246 g/mol. The van der Waals surface area contributed by atoms with Crippen LogP contribution in [0.2, 0.25) is 0 Å². The highest BCUT2D eigenvalue weighted by molar-refractivity contribution is 5.32. The van der Waals surface area contributed by atoms with Gasteiger partial charge in [-0.05, 0) is 0 Å². The number of piperazine rings is 1. The Bertz CT molecular complexity index is 421. The fraction of sp³-hybridized carbons (Fsp3) is 0.538. The van der Waals surface area contributed by atoms with E-state index in [0.717, 1.165) is 45.1 Å². The van der Waals surface area contributed by atoms with Gasteiger partial charge in [-0.15, -0.1) is 12.3 Å². The first-order chi connectivity index (χ1) is 8.83. The van der Waals surface area contributed by atoms with E-state index in [-0.39, 0.29) is 0 Å². The van der Waals surface area contributed by atoms with Crippen LogP contribution in [0.15, 0.2) is 12.3 Å². The number of hydrogen-bond donors (Lipinski definition) is 0. The Labute approximate surface area is 108 Å². The third kappa shape index (κ3) is 3.11. The van der Waals surface area contributed by atoms with Crippen molar-refractivity contribution in [3.63, 3.8) is 0 Å². The lowest BCUT2D eigenvalue weighted by atomic mass is 10.3. The van der Waals surface area contributed by atoms with Gasteiger partial charge in [0.1, 0.15) is 0 Å². The molecule has 5 heteroatoms. The first-order valence-corrected chi connectivity index (χ1v) is 6.11. The minimum atomic E-state index is 0.606. The van der Waals surface area contributed by atoms with E-state index >= 15 is 0 Å². The molecule has 0 saturated carbocycles. The number of aromatic nitrogens is 2. The van der Waals surface area contributed by atoms with Crippen LogP contribution in [0, 0.1) is 12.3 Å². The Morgan fingerprint density at radius 1 is 1.39 bits per heavy atom. The molecular formula is C13H18N4O. The van der Waals surface area contributed by atoms with Crippen molar-refractivity contribution in [2.75, 3.05) is 44.7 Å². The molecule has 0 aliphatic carbocycles. The van der Waals surface area contributed by atoms with Gasteiger partial charge < -0.3 is 9.64 Å². The van der Waals surface area contributed by atoms with Gasteiger partial charge in [-0.3, -0.25) is 4.90 Å².